The molecule has 2 aromatic heterocycles. The molecule has 166 valence electrons. The Bertz CT molecular complexity index is 1260. The topological polar surface area (TPSA) is 72.3 Å². The molecule has 4 aromatic rings. The Balaban J connectivity index is 1.49. The highest BCUT2D eigenvalue weighted by molar-refractivity contribution is 7.18. The molecular formula is C22H17F3N2O3S2. The lowest BCUT2D eigenvalue weighted by Crippen LogP contribution is -2.09. The highest BCUT2D eigenvalue weighted by Crippen LogP contribution is 2.34. The Labute approximate surface area is 189 Å². The number of para-hydroxylation sites is 1. The number of carboxylic acids is 1. The van der Waals surface area contributed by atoms with E-state index < -0.39 is 24.3 Å². The van der Waals surface area contributed by atoms with Crippen LogP contribution in [0.5, 0.6) is 5.75 Å². The third kappa shape index (κ3) is 4.91. The van der Waals surface area contributed by atoms with E-state index in [-0.39, 0.29) is 0 Å². The number of carbonyl (C=O) groups is 1. The molecule has 0 amide bonds. The van der Waals surface area contributed by atoms with Gasteiger partial charge in [-0.25, -0.2) is 14.8 Å². The van der Waals surface area contributed by atoms with E-state index in [2.05, 4.69) is 9.97 Å². The van der Waals surface area contributed by atoms with E-state index in [1.807, 2.05) is 13.0 Å². The van der Waals surface area contributed by atoms with Crippen LogP contribution >= 0.6 is 22.7 Å². The van der Waals surface area contributed by atoms with Gasteiger partial charge in [0.05, 0.1) is 21.0 Å². The highest BCUT2D eigenvalue weighted by Gasteiger charge is 2.30. The van der Waals surface area contributed by atoms with E-state index >= 15 is 0 Å². The first-order valence-electron chi connectivity index (χ1n) is 9.57. The molecule has 10 heteroatoms. The summed E-state index contributed by atoms with van der Waals surface area (Å²) in [5.74, 6) is -0.618. The molecule has 2 aromatic carbocycles. The third-order valence-electron chi connectivity index (χ3n) is 4.70. The van der Waals surface area contributed by atoms with Crippen molar-refractivity contribution >= 4 is 38.9 Å². The number of ether oxygens (including phenoxy) is 1. The fraction of sp³-hybridized carbons (Fsp3) is 0.227. The number of hydrogen-bond donors (Lipinski definition) is 1. The molecule has 32 heavy (non-hydrogen) atoms. The summed E-state index contributed by atoms with van der Waals surface area (Å²) in [7, 11) is 0. The standard InChI is InChI=1S/C22H17F3N2O3S2/c1-12-16(32-21(26-12)13-5-7-14(8-6-13)22(23,24)25)9-10-18-27-20-15(30-11-19(28)29)3-2-4-17(20)31-18/h2-8H,9-11H2,1H3,(H,28,29). The quantitative estimate of drug-likeness (QED) is 0.353. The number of nitrogens with zero attached hydrogens (tertiary/aromatic N) is 2. The van der Waals surface area contributed by atoms with Gasteiger partial charge < -0.3 is 9.84 Å². The number of fused-ring (bicyclic) bond motifs is 1. The molecule has 0 fully saturated rings. The highest BCUT2D eigenvalue weighted by atomic mass is 32.1. The van der Waals surface area contributed by atoms with Crippen molar-refractivity contribution in [2.75, 3.05) is 6.61 Å². The van der Waals surface area contributed by atoms with Crippen LogP contribution in [-0.2, 0) is 23.8 Å². The van der Waals surface area contributed by atoms with Crippen molar-refractivity contribution in [1.82, 2.24) is 9.97 Å². The molecule has 0 saturated heterocycles. The zero-order valence-electron chi connectivity index (χ0n) is 16.8. The van der Waals surface area contributed by atoms with Crippen molar-refractivity contribution in [1.29, 1.82) is 0 Å². The Hall–Kier alpha value is -2.98. The second-order valence-electron chi connectivity index (χ2n) is 7.00. The first-order valence-corrected chi connectivity index (χ1v) is 11.2. The molecule has 0 saturated carbocycles. The van der Waals surface area contributed by atoms with E-state index in [4.69, 9.17) is 9.84 Å². The minimum absolute atomic E-state index is 0.432. The van der Waals surface area contributed by atoms with Crippen molar-refractivity contribution in [3.8, 4) is 16.3 Å². The molecule has 0 atom stereocenters. The van der Waals surface area contributed by atoms with Crippen LogP contribution in [0, 0.1) is 6.92 Å². The molecule has 0 aliphatic rings. The van der Waals surface area contributed by atoms with Gasteiger partial charge in [0.1, 0.15) is 16.3 Å². The lowest BCUT2D eigenvalue weighted by molar-refractivity contribution is -0.139. The maximum Gasteiger partial charge on any atom is 0.416 e. The Morgan fingerprint density at radius 1 is 1.06 bits per heavy atom. The van der Waals surface area contributed by atoms with E-state index in [1.165, 1.54) is 34.8 Å². The van der Waals surface area contributed by atoms with Crippen molar-refractivity contribution in [2.24, 2.45) is 0 Å². The predicted octanol–water partition coefficient (Wildman–Crippen LogP) is 6.00. The predicted molar refractivity (Wildman–Crippen MR) is 117 cm³/mol. The number of carboxylic acid groups (broad SMARTS) is 1. The number of thiazole rings is 2. The van der Waals surface area contributed by atoms with Gasteiger partial charge in [0, 0.05) is 16.9 Å². The van der Waals surface area contributed by atoms with Crippen LogP contribution in [0.15, 0.2) is 42.5 Å². The number of halogens is 3. The maximum atomic E-state index is 12.8. The molecule has 0 spiro atoms. The van der Waals surface area contributed by atoms with Gasteiger partial charge in [-0.3, -0.25) is 0 Å². The number of aryl methyl sites for hydroxylation is 3. The number of hydrogen-bond acceptors (Lipinski definition) is 6. The van der Waals surface area contributed by atoms with Gasteiger partial charge >= 0.3 is 12.1 Å². The molecule has 0 unspecified atom stereocenters. The van der Waals surface area contributed by atoms with Gasteiger partial charge in [-0.2, -0.15) is 13.2 Å². The van der Waals surface area contributed by atoms with E-state index in [0.717, 1.165) is 32.4 Å². The number of aromatic nitrogens is 2. The third-order valence-corrected chi connectivity index (χ3v) is 7.04. The molecule has 0 aliphatic heterocycles. The van der Waals surface area contributed by atoms with Crippen LogP contribution in [0.25, 0.3) is 20.8 Å². The summed E-state index contributed by atoms with van der Waals surface area (Å²) in [6.07, 6.45) is -3.01. The summed E-state index contributed by atoms with van der Waals surface area (Å²) in [5.41, 5.74) is 1.45. The Kier molecular flexibility index (Phi) is 6.16. The maximum absolute atomic E-state index is 12.8. The molecular weight excluding hydrogens is 461 g/mol. The number of rotatable bonds is 7. The lowest BCUT2D eigenvalue weighted by atomic mass is 10.1. The fourth-order valence-electron chi connectivity index (χ4n) is 3.14. The van der Waals surface area contributed by atoms with Crippen LogP contribution in [0.3, 0.4) is 0 Å². The van der Waals surface area contributed by atoms with Gasteiger partial charge in [0.2, 0.25) is 0 Å². The van der Waals surface area contributed by atoms with E-state index in [9.17, 15) is 18.0 Å². The number of benzene rings is 2. The SMILES string of the molecule is Cc1nc(-c2ccc(C(F)(F)F)cc2)sc1CCc1nc2c(OCC(=O)O)cccc2s1. The van der Waals surface area contributed by atoms with Crippen molar-refractivity contribution in [3.05, 3.63) is 63.6 Å². The summed E-state index contributed by atoms with van der Waals surface area (Å²) in [6.45, 7) is 1.45. The van der Waals surface area contributed by atoms with Crippen molar-refractivity contribution < 1.29 is 27.8 Å². The Morgan fingerprint density at radius 2 is 1.81 bits per heavy atom. The van der Waals surface area contributed by atoms with Gasteiger partial charge in [-0.05, 0) is 37.6 Å². The molecule has 4 rings (SSSR count). The summed E-state index contributed by atoms with van der Waals surface area (Å²) in [6, 6.07) is 10.4. The first kappa shape index (κ1) is 22.2. The molecule has 2 heterocycles. The van der Waals surface area contributed by atoms with Crippen molar-refractivity contribution in [3.63, 3.8) is 0 Å². The molecule has 0 radical (unpaired) electrons. The van der Waals surface area contributed by atoms with E-state index in [0.29, 0.717) is 34.7 Å². The largest absolute Gasteiger partial charge is 0.480 e. The summed E-state index contributed by atoms with van der Waals surface area (Å²) in [4.78, 5) is 21.0. The smallest absolute Gasteiger partial charge is 0.416 e. The summed E-state index contributed by atoms with van der Waals surface area (Å²) < 4.78 is 44.6. The second-order valence-corrected chi connectivity index (χ2v) is 9.19. The van der Waals surface area contributed by atoms with Crippen LogP contribution < -0.4 is 4.74 Å². The fourth-order valence-corrected chi connectivity index (χ4v) is 5.19. The lowest BCUT2D eigenvalue weighted by Gasteiger charge is -2.06. The van der Waals surface area contributed by atoms with Crippen LogP contribution in [0.2, 0.25) is 0 Å². The molecule has 5 nitrogen and oxygen atoms in total. The second kappa shape index (κ2) is 8.87. The molecule has 0 aliphatic carbocycles. The van der Waals surface area contributed by atoms with Gasteiger partial charge in [-0.15, -0.1) is 22.7 Å². The average molecular weight is 479 g/mol. The van der Waals surface area contributed by atoms with Crippen LogP contribution in [0.4, 0.5) is 13.2 Å². The Morgan fingerprint density at radius 3 is 2.50 bits per heavy atom. The average Bonchev–Trinajstić information content (AvgIpc) is 3.33. The van der Waals surface area contributed by atoms with Crippen molar-refractivity contribution in [2.45, 2.75) is 25.9 Å². The summed E-state index contributed by atoms with van der Waals surface area (Å²) >= 11 is 2.98. The summed E-state index contributed by atoms with van der Waals surface area (Å²) in [5, 5.41) is 10.4. The zero-order valence-corrected chi connectivity index (χ0v) is 18.4. The minimum atomic E-state index is -4.36. The van der Waals surface area contributed by atoms with E-state index in [1.54, 1.807) is 12.1 Å². The number of alkyl halides is 3. The van der Waals surface area contributed by atoms with Crippen LogP contribution in [0.1, 0.15) is 21.1 Å². The molecule has 0 bridgehead atoms. The monoisotopic (exact) mass is 478 g/mol. The van der Waals surface area contributed by atoms with Gasteiger partial charge in [-0.1, -0.05) is 18.2 Å². The zero-order chi connectivity index (χ0) is 22.9. The normalized spacial score (nSPS) is 11.8. The number of aliphatic carboxylic acids is 1. The molecule has 1 N–H and O–H groups in total. The van der Waals surface area contributed by atoms with Gasteiger partial charge in [0.25, 0.3) is 0 Å². The first-order chi connectivity index (χ1) is 15.2. The van der Waals surface area contributed by atoms with Crippen LogP contribution in [-0.4, -0.2) is 27.7 Å². The van der Waals surface area contributed by atoms with Gasteiger partial charge in [0.15, 0.2) is 6.61 Å². The minimum Gasteiger partial charge on any atom is -0.480 e.